The quantitative estimate of drug-likeness (QED) is 0.688. The van der Waals surface area contributed by atoms with Crippen LogP contribution < -0.4 is 0 Å². The summed E-state index contributed by atoms with van der Waals surface area (Å²) in [6.45, 7) is 7.86. The van der Waals surface area contributed by atoms with Gasteiger partial charge in [-0.1, -0.05) is 61.2 Å². The zero-order valence-electron chi connectivity index (χ0n) is 11.3. The van der Waals surface area contributed by atoms with Gasteiger partial charge in [-0.25, -0.2) is 4.98 Å². The van der Waals surface area contributed by atoms with E-state index in [1.54, 1.807) is 11.3 Å². The standard InChI is InChI=1S/C17H17NS/c1-4-9-15(10-5-2)17-16(18-13(3)19-17)14-11-7-6-8-12-14/h4-12H,1H2,2-3H3/b10-5-,15-9+. The summed E-state index contributed by atoms with van der Waals surface area (Å²) in [5.41, 5.74) is 3.36. The number of benzene rings is 1. The predicted molar refractivity (Wildman–Crippen MR) is 85.3 cm³/mol. The molecule has 0 aliphatic carbocycles. The highest BCUT2D eigenvalue weighted by atomic mass is 32.1. The van der Waals surface area contributed by atoms with Crippen molar-refractivity contribution in [3.8, 4) is 11.3 Å². The second-order valence-electron chi connectivity index (χ2n) is 4.13. The van der Waals surface area contributed by atoms with E-state index in [9.17, 15) is 0 Å². The molecule has 1 nitrogen and oxygen atoms in total. The average Bonchev–Trinajstić information content (AvgIpc) is 2.81. The van der Waals surface area contributed by atoms with E-state index in [4.69, 9.17) is 0 Å². The molecule has 0 unspecified atom stereocenters. The molecule has 0 spiro atoms. The molecule has 1 heterocycles. The van der Waals surface area contributed by atoms with Crippen molar-refractivity contribution < 1.29 is 0 Å². The number of hydrogen-bond acceptors (Lipinski definition) is 2. The topological polar surface area (TPSA) is 12.9 Å². The number of aryl methyl sites for hydroxylation is 1. The highest BCUT2D eigenvalue weighted by Crippen LogP contribution is 2.34. The summed E-state index contributed by atoms with van der Waals surface area (Å²) in [6, 6.07) is 10.3. The third-order valence-corrected chi connectivity index (χ3v) is 3.71. The van der Waals surface area contributed by atoms with Crippen LogP contribution in [0.25, 0.3) is 16.8 Å². The molecule has 2 heteroatoms. The summed E-state index contributed by atoms with van der Waals surface area (Å²) < 4.78 is 0. The summed E-state index contributed by atoms with van der Waals surface area (Å²) in [5, 5.41) is 1.08. The lowest BCUT2D eigenvalue weighted by atomic mass is 10.1. The van der Waals surface area contributed by atoms with Crippen molar-refractivity contribution in [2.45, 2.75) is 13.8 Å². The first-order chi connectivity index (χ1) is 9.26. The number of rotatable bonds is 4. The lowest BCUT2D eigenvalue weighted by Crippen LogP contribution is -1.84. The number of nitrogens with zero attached hydrogens (tertiary/aromatic N) is 1. The van der Waals surface area contributed by atoms with Crippen molar-refractivity contribution >= 4 is 16.9 Å². The van der Waals surface area contributed by atoms with Crippen LogP contribution in [0.5, 0.6) is 0 Å². The van der Waals surface area contributed by atoms with E-state index in [-0.39, 0.29) is 0 Å². The van der Waals surface area contributed by atoms with Crippen molar-refractivity contribution in [2.75, 3.05) is 0 Å². The van der Waals surface area contributed by atoms with E-state index in [1.165, 1.54) is 4.88 Å². The zero-order chi connectivity index (χ0) is 13.7. The van der Waals surface area contributed by atoms with E-state index in [0.29, 0.717) is 0 Å². The maximum absolute atomic E-state index is 4.68. The van der Waals surface area contributed by atoms with Gasteiger partial charge in [-0.3, -0.25) is 0 Å². The highest BCUT2D eigenvalue weighted by Gasteiger charge is 2.12. The molecule has 1 aromatic heterocycles. The molecule has 0 saturated heterocycles. The van der Waals surface area contributed by atoms with E-state index in [1.807, 2.05) is 50.3 Å². The smallest absolute Gasteiger partial charge is 0.0908 e. The fourth-order valence-corrected chi connectivity index (χ4v) is 2.87. The summed E-state index contributed by atoms with van der Waals surface area (Å²) in [7, 11) is 0. The number of hydrogen-bond donors (Lipinski definition) is 0. The van der Waals surface area contributed by atoms with Crippen molar-refractivity contribution in [1.82, 2.24) is 4.98 Å². The Balaban J connectivity index is 2.58. The van der Waals surface area contributed by atoms with Gasteiger partial charge in [0, 0.05) is 5.56 Å². The van der Waals surface area contributed by atoms with E-state index < -0.39 is 0 Å². The average molecular weight is 267 g/mol. The summed E-state index contributed by atoms with van der Waals surface area (Å²) in [4.78, 5) is 5.87. The molecule has 0 bridgehead atoms. The van der Waals surface area contributed by atoms with Crippen LogP contribution in [-0.2, 0) is 0 Å². The molecule has 0 aliphatic rings. The van der Waals surface area contributed by atoms with Crippen molar-refractivity contribution in [3.05, 3.63) is 71.1 Å². The van der Waals surface area contributed by atoms with Gasteiger partial charge in [0.05, 0.1) is 15.6 Å². The molecule has 0 aliphatic heterocycles. The van der Waals surface area contributed by atoms with Gasteiger partial charge in [0.2, 0.25) is 0 Å². The number of allylic oxidation sites excluding steroid dienone is 5. The third kappa shape index (κ3) is 3.09. The normalized spacial score (nSPS) is 12.0. The molecule has 2 aromatic rings. The Morgan fingerprint density at radius 2 is 2.00 bits per heavy atom. The minimum Gasteiger partial charge on any atom is -0.241 e. The van der Waals surface area contributed by atoms with Crippen molar-refractivity contribution in [1.29, 1.82) is 0 Å². The van der Waals surface area contributed by atoms with E-state index >= 15 is 0 Å². The van der Waals surface area contributed by atoms with Gasteiger partial charge in [-0.05, 0) is 19.4 Å². The Hall–Kier alpha value is -1.93. The summed E-state index contributed by atoms with van der Waals surface area (Å²) >= 11 is 1.72. The highest BCUT2D eigenvalue weighted by molar-refractivity contribution is 7.13. The molecule has 1 aromatic carbocycles. The second-order valence-corrected chi connectivity index (χ2v) is 5.34. The first-order valence-electron chi connectivity index (χ1n) is 6.25. The van der Waals surface area contributed by atoms with Crippen LogP contribution in [0.4, 0.5) is 0 Å². The van der Waals surface area contributed by atoms with Crippen LogP contribution in [0.15, 0.2) is 61.2 Å². The Morgan fingerprint density at radius 3 is 2.63 bits per heavy atom. The Kier molecular flexibility index (Phi) is 4.48. The maximum atomic E-state index is 4.68. The van der Waals surface area contributed by atoms with Crippen LogP contribution in [0.3, 0.4) is 0 Å². The third-order valence-electron chi connectivity index (χ3n) is 2.69. The monoisotopic (exact) mass is 267 g/mol. The summed E-state index contributed by atoms with van der Waals surface area (Å²) in [5.74, 6) is 0. The summed E-state index contributed by atoms with van der Waals surface area (Å²) in [6.07, 6.45) is 7.98. The fourth-order valence-electron chi connectivity index (χ4n) is 1.93. The SMILES string of the molecule is C=C/C=C(\C=C/C)c1sc(C)nc1-c1ccccc1. The first-order valence-corrected chi connectivity index (χ1v) is 7.06. The van der Waals surface area contributed by atoms with E-state index in [0.717, 1.165) is 21.8 Å². The Labute approximate surface area is 118 Å². The molecule has 0 fully saturated rings. The van der Waals surface area contributed by atoms with Gasteiger partial charge in [-0.2, -0.15) is 0 Å². The van der Waals surface area contributed by atoms with Gasteiger partial charge < -0.3 is 0 Å². The molecule has 0 atom stereocenters. The minimum absolute atomic E-state index is 1.05. The van der Waals surface area contributed by atoms with Gasteiger partial charge in [0.1, 0.15) is 0 Å². The number of thiazole rings is 1. The molecule has 19 heavy (non-hydrogen) atoms. The molecule has 0 saturated carbocycles. The van der Waals surface area contributed by atoms with Crippen LogP contribution in [-0.4, -0.2) is 4.98 Å². The first kappa shape index (κ1) is 13.5. The Bertz CT molecular complexity index is 618. The van der Waals surface area contributed by atoms with Crippen LogP contribution in [0.1, 0.15) is 16.8 Å². The fraction of sp³-hybridized carbons (Fsp3) is 0.118. The molecule has 0 amide bonds. The Morgan fingerprint density at radius 1 is 1.26 bits per heavy atom. The van der Waals surface area contributed by atoms with Gasteiger partial charge >= 0.3 is 0 Å². The largest absolute Gasteiger partial charge is 0.241 e. The van der Waals surface area contributed by atoms with Gasteiger partial charge in [0.15, 0.2) is 0 Å². The van der Waals surface area contributed by atoms with Crippen LogP contribution >= 0.6 is 11.3 Å². The minimum atomic E-state index is 1.05. The lowest BCUT2D eigenvalue weighted by Gasteiger charge is -2.03. The zero-order valence-corrected chi connectivity index (χ0v) is 12.1. The maximum Gasteiger partial charge on any atom is 0.0908 e. The molecule has 0 radical (unpaired) electrons. The second kappa shape index (κ2) is 6.30. The van der Waals surface area contributed by atoms with Crippen LogP contribution in [0.2, 0.25) is 0 Å². The number of aromatic nitrogens is 1. The van der Waals surface area contributed by atoms with Crippen molar-refractivity contribution in [3.63, 3.8) is 0 Å². The molecule has 96 valence electrons. The van der Waals surface area contributed by atoms with Gasteiger partial charge in [0.25, 0.3) is 0 Å². The van der Waals surface area contributed by atoms with Crippen LogP contribution in [0, 0.1) is 6.92 Å². The molecule has 0 N–H and O–H groups in total. The predicted octanol–water partition coefficient (Wildman–Crippen LogP) is 5.26. The van der Waals surface area contributed by atoms with Gasteiger partial charge in [-0.15, -0.1) is 11.3 Å². The van der Waals surface area contributed by atoms with E-state index in [2.05, 4.69) is 29.8 Å². The molecular weight excluding hydrogens is 250 g/mol. The van der Waals surface area contributed by atoms with Crippen molar-refractivity contribution in [2.24, 2.45) is 0 Å². The molecular formula is C17H17NS. The lowest BCUT2D eigenvalue weighted by molar-refractivity contribution is 1.29. The molecule has 2 rings (SSSR count).